The van der Waals surface area contributed by atoms with Gasteiger partial charge in [0, 0.05) is 44.0 Å². The second kappa shape index (κ2) is 11.8. The third-order valence-electron chi connectivity index (χ3n) is 9.57. The van der Waals surface area contributed by atoms with Gasteiger partial charge < -0.3 is 25.0 Å². The predicted molar refractivity (Wildman–Crippen MR) is 168 cm³/mol. The van der Waals surface area contributed by atoms with Gasteiger partial charge in [-0.2, -0.15) is 18.2 Å². The van der Waals surface area contributed by atoms with Crippen LogP contribution in [0.3, 0.4) is 0 Å². The summed E-state index contributed by atoms with van der Waals surface area (Å²) < 4.78 is 74.2. The van der Waals surface area contributed by atoms with Crippen LogP contribution in [0.15, 0.2) is 29.3 Å². The molecule has 1 aromatic heterocycles. The van der Waals surface area contributed by atoms with Crippen LogP contribution in [0.1, 0.15) is 77.8 Å². The van der Waals surface area contributed by atoms with Crippen LogP contribution in [0.5, 0.6) is 0 Å². The summed E-state index contributed by atoms with van der Waals surface area (Å²) in [6, 6.07) is 4.64. The highest BCUT2D eigenvalue weighted by Gasteiger charge is 2.51. The monoisotopic (exact) mass is 667 g/mol. The number of anilines is 3. The minimum Gasteiger partial charge on any atom is -0.444 e. The SMILES string of the molecule is Cc1cc(S(=O)(=O)C2CC3(CCN(C(=O)OC(C)(C)C)CC3)C2)ccc1Nc1ncc(C(F)(F)F)c(N2CCC(C(C)(C)O)C2)n1. The van der Waals surface area contributed by atoms with Gasteiger partial charge >= 0.3 is 12.3 Å². The fraction of sp³-hybridized carbons (Fsp3) is 0.656. The molecule has 14 heteroatoms. The lowest BCUT2D eigenvalue weighted by Gasteiger charge is -2.51. The summed E-state index contributed by atoms with van der Waals surface area (Å²) in [5, 5.41) is 12.8. The predicted octanol–water partition coefficient (Wildman–Crippen LogP) is 6.10. The molecule has 46 heavy (non-hydrogen) atoms. The zero-order valence-corrected chi connectivity index (χ0v) is 28.1. The first kappa shape index (κ1) is 34.2. The number of aliphatic hydroxyl groups is 1. The molecule has 5 rings (SSSR count). The highest BCUT2D eigenvalue weighted by atomic mass is 32.2. The number of carbonyl (C=O) groups excluding carboxylic acids is 1. The Balaban J connectivity index is 1.25. The molecule has 1 amide bonds. The summed E-state index contributed by atoms with van der Waals surface area (Å²) in [7, 11) is -3.62. The third kappa shape index (κ3) is 7.22. The lowest BCUT2D eigenvalue weighted by molar-refractivity contribution is -0.137. The Morgan fingerprint density at radius 3 is 2.28 bits per heavy atom. The van der Waals surface area contributed by atoms with Crippen molar-refractivity contribution in [2.45, 2.75) is 101 Å². The van der Waals surface area contributed by atoms with E-state index in [2.05, 4.69) is 15.3 Å². The Morgan fingerprint density at radius 2 is 1.74 bits per heavy atom. The lowest BCUT2D eigenvalue weighted by Crippen LogP contribution is -2.53. The Hall–Kier alpha value is -3.13. The normalized spacial score (nSPS) is 21.0. The first-order valence-electron chi connectivity index (χ1n) is 15.7. The van der Waals surface area contributed by atoms with Crippen LogP contribution < -0.4 is 10.2 Å². The number of aromatic nitrogens is 2. The Bertz CT molecular complexity index is 1570. The van der Waals surface area contributed by atoms with E-state index in [4.69, 9.17) is 4.74 Å². The second-order valence-corrected chi connectivity index (χ2v) is 16.9. The Kier molecular flexibility index (Phi) is 8.80. The number of alkyl halides is 3. The maximum Gasteiger partial charge on any atom is 0.421 e. The molecule has 10 nitrogen and oxygen atoms in total. The largest absolute Gasteiger partial charge is 0.444 e. The number of likely N-dealkylation sites (tertiary alicyclic amines) is 1. The van der Waals surface area contributed by atoms with Crippen molar-refractivity contribution >= 4 is 33.4 Å². The fourth-order valence-corrected chi connectivity index (χ4v) is 8.82. The van der Waals surface area contributed by atoms with Gasteiger partial charge in [-0.05, 0) is 103 Å². The number of hydrogen-bond donors (Lipinski definition) is 2. The Labute approximate surface area is 268 Å². The van der Waals surface area contributed by atoms with Crippen molar-refractivity contribution in [2.75, 3.05) is 36.4 Å². The number of carbonyl (C=O) groups is 1. The van der Waals surface area contributed by atoms with Gasteiger partial charge in [0.2, 0.25) is 5.95 Å². The molecular weight excluding hydrogens is 623 g/mol. The van der Waals surface area contributed by atoms with E-state index in [1.165, 1.54) is 11.0 Å². The molecule has 1 atom stereocenters. The van der Waals surface area contributed by atoms with Gasteiger partial charge in [0.05, 0.1) is 15.7 Å². The van der Waals surface area contributed by atoms with Gasteiger partial charge in [0.1, 0.15) is 17.0 Å². The van der Waals surface area contributed by atoms with Crippen LogP contribution in [0, 0.1) is 18.3 Å². The number of hydrogen-bond acceptors (Lipinski definition) is 9. The van der Waals surface area contributed by atoms with Crippen molar-refractivity contribution in [2.24, 2.45) is 11.3 Å². The van der Waals surface area contributed by atoms with Crippen molar-refractivity contribution in [1.82, 2.24) is 14.9 Å². The number of amides is 1. The minimum absolute atomic E-state index is 0.0490. The molecule has 2 N–H and O–H groups in total. The summed E-state index contributed by atoms with van der Waals surface area (Å²) in [4.78, 5) is 24.0. The minimum atomic E-state index is -4.66. The van der Waals surface area contributed by atoms with E-state index in [-0.39, 0.29) is 40.6 Å². The molecule has 1 spiro atoms. The summed E-state index contributed by atoms with van der Waals surface area (Å²) in [5.74, 6) is -0.524. The molecule has 2 aliphatic heterocycles. The van der Waals surface area contributed by atoms with Crippen molar-refractivity contribution in [1.29, 1.82) is 0 Å². The molecule has 2 aromatic rings. The molecule has 0 bridgehead atoms. The van der Waals surface area contributed by atoms with Gasteiger partial charge in [0.15, 0.2) is 9.84 Å². The number of nitrogens with zero attached hydrogens (tertiary/aromatic N) is 4. The first-order valence-corrected chi connectivity index (χ1v) is 17.2. The molecule has 1 unspecified atom stereocenters. The van der Waals surface area contributed by atoms with Crippen molar-refractivity contribution in [3.63, 3.8) is 0 Å². The second-order valence-electron chi connectivity index (χ2n) is 14.7. The summed E-state index contributed by atoms with van der Waals surface area (Å²) in [6.45, 7) is 12.1. The maximum absolute atomic E-state index is 13.9. The van der Waals surface area contributed by atoms with Crippen LogP contribution in [0.4, 0.5) is 35.4 Å². The summed E-state index contributed by atoms with van der Waals surface area (Å²) in [5.41, 5.74) is -1.63. The zero-order chi connectivity index (χ0) is 33.9. The van der Waals surface area contributed by atoms with Gasteiger partial charge in [0.25, 0.3) is 0 Å². The Morgan fingerprint density at radius 1 is 1.09 bits per heavy atom. The van der Waals surface area contributed by atoms with Crippen molar-refractivity contribution in [3.05, 3.63) is 35.5 Å². The molecule has 3 fully saturated rings. The average Bonchev–Trinajstić information content (AvgIpc) is 3.42. The van der Waals surface area contributed by atoms with Crippen LogP contribution in [-0.2, 0) is 20.8 Å². The quantitative estimate of drug-likeness (QED) is 0.376. The van der Waals surface area contributed by atoms with E-state index in [1.807, 2.05) is 20.8 Å². The smallest absolute Gasteiger partial charge is 0.421 e. The van der Waals surface area contributed by atoms with Crippen molar-refractivity contribution in [3.8, 4) is 0 Å². The molecule has 3 heterocycles. The number of aryl methyl sites for hydroxylation is 1. The number of rotatable bonds is 6. The molecule has 0 radical (unpaired) electrons. The van der Waals surface area contributed by atoms with Crippen LogP contribution in [0.25, 0.3) is 0 Å². The summed E-state index contributed by atoms with van der Waals surface area (Å²) in [6.07, 6.45) is -1.22. The zero-order valence-electron chi connectivity index (χ0n) is 27.2. The average molecular weight is 668 g/mol. The standard InChI is InChI=1S/C32H44F3N5O5S/c1-20-15-22(46(43,44)23-16-31(17-23)10-13-39(14-11-31)28(41)45-29(2,3)4)7-8-25(20)37-27-36-18-24(32(33,34)35)26(38-27)40-12-9-21(19-40)30(5,6)42/h7-8,15,18,21,23,42H,9-14,16-17,19H2,1-6H3,(H,36,37,38). The van der Waals surface area contributed by atoms with E-state index in [9.17, 15) is 31.5 Å². The molecule has 3 aliphatic rings. The molecule has 254 valence electrons. The van der Waals surface area contributed by atoms with Gasteiger partial charge in [-0.15, -0.1) is 0 Å². The van der Waals surface area contributed by atoms with E-state index >= 15 is 0 Å². The number of benzene rings is 1. The third-order valence-corrected chi connectivity index (χ3v) is 11.7. The first-order chi connectivity index (χ1) is 21.2. The molecular formula is C32H44F3N5O5S. The van der Waals surface area contributed by atoms with E-state index in [0.29, 0.717) is 50.1 Å². The fourth-order valence-electron chi connectivity index (χ4n) is 6.69. The number of halogens is 3. The van der Waals surface area contributed by atoms with Crippen LogP contribution >= 0.6 is 0 Å². The molecule has 1 saturated carbocycles. The number of nitrogens with one attached hydrogen (secondary N) is 1. The van der Waals surface area contributed by atoms with Crippen LogP contribution in [-0.4, -0.2) is 77.1 Å². The van der Waals surface area contributed by atoms with Gasteiger partial charge in [-0.25, -0.2) is 18.2 Å². The molecule has 1 aromatic carbocycles. The van der Waals surface area contributed by atoms with E-state index in [1.54, 1.807) is 37.8 Å². The highest BCUT2D eigenvalue weighted by Crippen LogP contribution is 2.53. The topological polar surface area (TPSA) is 125 Å². The molecule has 2 saturated heterocycles. The summed E-state index contributed by atoms with van der Waals surface area (Å²) >= 11 is 0. The number of ether oxygens (including phenoxy) is 1. The lowest BCUT2D eigenvalue weighted by atomic mass is 9.63. The van der Waals surface area contributed by atoms with Gasteiger partial charge in [-0.1, -0.05) is 0 Å². The molecule has 1 aliphatic carbocycles. The van der Waals surface area contributed by atoms with Crippen molar-refractivity contribution < 1.29 is 36.2 Å². The highest BCUT2D eigenvalue weighted by molar-refractivity contribution is 7.92. The number of piperidine rings is 1. The van der Waals surface area contributed by atoms with E-state index < -0.39 is 38.0 Å². The van der Waals surface area contributed by atoms with Crippen LogP contribution in [0.2, 0.25) is 0 Å². The maximum atomic E-state index is 13.9. The van der Waals surface area contributed by atoms with E-state index in [0.717, 1.165) is 19.0 Å². The number of sulfone groups is 1. The van der Waals surface area contributed by atoms with Gasteiger partial charge in [-0.3, -0.25) is 0 Å².